The second-order valence-electron chi connectivity index (χ2n) is 2.82. The van der Waals surface area contributed by atoms with Crippen LogP contribution in [0.2, 0.25) is 0 Å². The largest absolute Gasteiger partial charge is 0.270 e. The number of hydrogen-bond donors (Lipinski definition) is 1. The molecule has 0 radical (unpaired) electrons. The fraction of sp³-hybridized carbons (Fsp3) is 0. The molecule has 2 rings (SSSR count). The van der Waals surface area contributed by atoms with Gasteiger partial charge >= 0.3 is 0 Å². The molecule has 76 valence electrons. The van der Waals surface area contributed by atoms with E-state index >= 15 is 0 Å². The van der Waals surface area contributed by atoms with E-state index in [-0.39, 0.29) is 5.56 Å². The summed E-state index contributed by atoms with van der Waals surface area (Å²) in [4.78, 5) is 11.5. The van der Waals surface area contributed by atoms with Gasteiger partial charge in [-0.3, -0.25) is 10.2 Å². The van der Waals surface area contributed by atoms with E-state index in [9.17, 15) is 9.18 Å². The first-order valence-corrected chi connectivity index (χ1v) is 4.17. The number of carbonyl (C=O) groups excluding carboxylic acids is 1. The SMILES string of the molecule is O=C(Nn1cnnc1)c1cccc(F)c1. The van der Waals surface area contributed by atoms with Crippen molar-refractivity contribution in [3.8, 4) is 0 Å². The second kappa shape index (κ2) is 3.87. The minimum absolute atomic E-state index is 0.240. The lowest BCUT2D eigenvalue weighted by Crippen LogP contribution is -2.21. The molecule has 0 bridgehead atoms. The third-order valence-electron chi connectivity index (χ3n) is 1.74. The predicted octanol–water partition coefficient (Wildman–Crippen LogP) is 0.801. The number of benzene rings is 1. The molecular formula is C9H7FN4O. The van der Waals surface area contributed by atoms with Gasteiger partial charge in [-0.05, 0) is 18.2 Å². The fourth-order valence-corrected chi connectivity index (χ4v) is 1.07. The molecule has 0 saturated heterocycles. The van der Waals surface area contributed by atoms with E-state index in [4.69, 9.17) is 0 Å². The Balaban J connectivity index is 2.15. The van der Waals surface area contributed by atoms with E-state index in [1.807, 2.05) is 0 Å². The normalized spacial score (nSPS) is 9.93. The zero-order chi connectivity index (χ0) is 10.7. The lowest BCUT2D eigenvalue weighted by Gasteiger charge is -2.03. The minimum atomic E-state index is -0.452. The summed E-state index contributed by atoms with van der Waals surface area (Å²) in [5.74, 6) is -0.874. The Morgan fingerprint density at radius 1 is 1.33 bits per heavy atom. The summed E-state index contributed by atoms with van der Waals surface area (Å²) in [5.41, 5.74) is 2.69. The van der Waals surface area contributed by atoms with Crippen molar-refractivity contribution in [2.45, 2.75) is 0 Å². The Bertz CT molecular complexity index is 469. The molecule has 1 heterocycles. The molecular weight excluding hydrogens is 199 g/mol. The first-order chi connectivity index (χ1) is 7.25. The van der Waals surface area contributed by atoms with Crippen LogP contribution in [0.4, 0.5) is 4.39 Å². The molecule has 0 spiro atoms. The Morgan fingerprint density at radius 2 is 2.07 bits per heavy atom. The van der Waals surface area contributed by atoms with E-state index < -0.39 is 11.7 Å². The van der Waals surface area contributed by atoms with Crippen LogP contribution in [0.25, 0.3) is 0 Å². The molecule has 2 aromatic rings. The Kier molecular flexibility index (Phi) is 2.40. The quantitative estimate of drug-likeness (QED) is 0.790. The summed E-state index contributed by atoms with van der Waals surface area (Å²) in [6.07, 6.45) is 2.66. The highest BCUT2D eigenvalue weighted by molar-refractivity contribution is 5.99. The number of hydrogen-bond acceptors (Lipinski definition) is 3. The number of nitrogens with one attached hydrogen (secondary N) is 1. The molecule has 15 heavy (non-hydrogen) atoms. The highest BCUT2D eigenvalue weighted by Gasteiger charge is 2.05. The maximum absolute atomic E-state index is 12.8. The van der Waals surface area contributed by atoms with Gasteiger partial charge in [-0.25, -0.2) is 9.07 Å². The molecule has 1 amide bonds. The van der Waals surface area contributed by atoms with Crippen LogP contribution < -0.4 is 5.43 Å². The van der Waals surface area contributed by atoms with Gasteiger partial charge in [-0.2, -0.15) is 0 Å². The van der Waals surface area contributed by atoms with E-state index in [1.165, 1.54) is 35.5 Å². The van der Waals surface area contributed by atoms with Crippen molar-refractivity contribution in [1.29, 1.82) is 0 Å². The van der Waals surface area contributed by atoms with Crippen LogP contribution in [0.3, 0.4) is 0 Å². The number of halogens is 1. The molecule has 1 N–H and O–H groups in total. The van der Waals surface area contributed by atoms with Gasteiger partial charge in [0.1, 0.15) is 18.5 Å². The molecule has 0 saturated carbocycles. The van der Waals surface area contributed by atoms with Crippen molar-refractivity contribution < 1.29 is 9.18 Å². The first kappa shape index (κ1) is 9.32. The summed E-state index contributed by atoms with van der Waals surface area (Å²) < 4.78 is 14.1. The molecule has 0 aliphatic rings. The number of amides is 1. The highest BCUT2D eigenvalue weighted by Crippen LogP contribution is 2.03. The molecule has 0 fully saturated rings. The van der Waals surface area contributed by atoms with Crippen molar-refractivity contribution in [2.24, 2.45) is 0 Å². The van der Waals surface area contributed by atoms with Gasteiger partial charge in [0.2, 0.25) is 0 Å². The molecule has 0 aliphatic carbocycles. The van der Waals surface area contributed by atoms with Crippen LogP contribution in [0.1, 0.15) is 10.4 Å². The van der Waals surface area contributed by atoms with Gasteiger partial charge in [0.05, 0.1) is 0 Å². The third-order valence-corrected chi connectivity index (χ3v) is 1.74. The van der Waals surface area contributed by atoms with Gasteiger partial charge in [0, 0.05) is 5.56 Å². The Morgan fingerprint density at radius 3 is 2.73 bits per heavy atom. The maximum Gasteiger partial charge on any atom is 0.270 e. The predicted molar refractivity (Wildman–Crippen MR) is 50.1 cm³/mol. The summed E-state index contributed by atoms with van der Waals surface area (Å²) in [6, 6.07) is 5.41. The number of carbonyl (C=O) groups is 1. The number of rotatable bonds is 2. The lowest BCUT2D eigenvalue weighted by atomic mass is 10.2. The Hall–Kier alpha value is -2.24. The van der Waals surface area contributed by atoms with Crippen LogP contribution in [0.5, 0.6) is 0 Å². The zero-order valence-corrected chi connectivity index (χ0v) is 7.59. The smallest absolute Gasteiger partial charge is 0.267 e. The standard InChI is InChI=1S/C9H7FN4O/c10-8-3-1-2-7(4-8)9(15)13-14-5-11-12-6-14/h1-6H,(H,13,15). The average Bonchev–Trinajstić information content (AvgIpc) is 2.70. The van der Waals surface area contributed by atoms with E-state index in [0.29, 0.717) is 0 Å². The summed E-state index contributed by atoms with van der Waals surface area (Å²) in [5, 5.41) is 7.02. The van der Waals surface area contributed by atoms with Crippen LogP contribution in [0.15, 0.2) is 36.9 Å². The van der Waals surface area contributed by atoms with Crippen LogP contribution in [-0.2, 0) is 0 Å². The molecule has 6 heteroatoms. The molecule has 0 unspecified atom stereocenters. The van der Waals surface area contributed by atoms with E-state index in [2.05, 4.69) is 15.6 Å². The molecule has 0 aliphatic heterocycles. The van der Waals surface area contributed by atoms with E-state index in [1.54, 1.807) is 0 Å². The highest BCUT2D eigenvalue weighted by atomic mass is 19.1. The van der Waals surface area contributed by atoms with Crippen molar-refractivity contribution >= 4 is 5.91 Å². The lowest BCUT2D eigenvalue weighted by molar-refractivity contribution is 0.101. The van der Waals surface area contributed by atoms with Crippen molar-refractivity contribution in [1.82, 2.24) is 14.9 Å². The van der Waals surface area contributed by atoms with Crippen LogP contribution in [-0.4, -0.2) is 20.8 Å². The van der Waals surface area contributed by atoms with Gasteiger partial charge in [-0.1, -0.05) is 6.07 Å². The summed E-state index contributed by atoms with van der Waals surface area (Å²) in [6.45, 7) is 0. The van der Waals surface area contributed by atoms with Crippen LogP contribution in [0, 0.1) is 5.82 Å². The molecule has 5 nitrogen and oxygen atoms in total. The van der Waals surface area contributed by atoms with Gasteiger partial charge in [0.15, 0.2) is 0 Å². The summed E-state index contributed by atoms with van der Waals surface area (Å²) in [7, 11) is 0. The third kappa shape index (κ3) is 2.16. The fourth-order valence-electron chi connectivity index (χ4n) is 1.07. The monoisotopic (exact) mass is 206 g/mol. The van der Waals surface area contributed by atoms with Crippen molar-refractivity contribution in [3.63, 3.8) is 0 Å². The van der Waals surface area contributed by atoms with Gasteiger partial charge < -0.3 is 0 Å². The minimum Gasteiger partial charge on any atom is -0.267 e. The summed E-state index contributed by atoms with van der Waals surface area (Å²) >= 11 is 0. The van der Waals surface area contributed by atoms with Gasteiger partial charge in [0.25, 0.3) is 5.91 Å². The van der Waals surface area contributed by atoms with E-state index in [0.717, 1.165) is 6.07 Å². The first-order valence-electron chi connectivity index (χ1n) is 4.17. The van der Waals surface area contributed by atoms with Crippen LogP contribution >= 0.6 is 0 Å². The van der Waals surface area contributed by atoms with Crippen molar-refractivity contribution in [2.75, 3.05) is 5.43 Å². The molecule has 0 atom stereocenters. The molecule has 1 aromatic heterocycles. The number of nitrogens with zero attached hydrogens (tertiary/aromatic N) is 3. The number of aromatic nitrogens is 3. The average molecular weight is 206 g/mol. The zero-order valence-electron chi connectivity index (χ0n) is 7.59. The van der Waals surface area contributed by atoms with Gasteiger partial charge in [-0.15, -0.1) is 10.2 Å². The second-order valence-corrected chi connectivity index (χ2v) is 2.82. The molecule has 1 aromatic carbocycles. The maximum atomic E-state index is 12.8. The van der Waals surface area contributed by atoms with Crippen molar-refractivity contribution in [3.05, 3.63) is 48.3 Å². The Labute approximate surface area is 84.5 Å². The topological polar surface area (TPSA) is 59.8 Å².